The van der Waals surface area contributed by atoms with Gasteiger partial charge < -0.3 is 9.64 Å². The minimum Gasteiger partial charge on any atom is -0.383 e. The van der Waals surface area contributed by atoms with Crippen LogP contribution in [-0.2, 0) is 11.2 Å². The summed E-state index contributed by atoms with van der Waals surface area (Å²) in [4.78, 5) is 34.9. The predicted molar refractivity (Wildman–Crippen MR) is 162 cm³/mol. The second kappa shape index (κ2) is 13.5. The van der Waals surface area contributed by atoms with E-state index in [1.165, 1.54) is 18.4 Å². The van der Waals surface area contributed by atoms with Gasteiger partial charge in [-0.15, -0.1) is 0 Å². The summed E-state index contributed by atoms with van der Waals surface area (Å²) in [5.41, 5.74) is 5.32. The first-order valence-corrected chi connectivity index (χ1v) is 14.4. The summed E-state index contributed by atoms with van der Waals surface area (Å²) >= 11 is 0. The molecule has 4 aromatic rings. The van der Waals surface area contributed by atoms with Crippen LogP contribution in [0, 0.1) is 13.8 Å². The summed E-state index contributed by atoms with van der Waals surface area (Å²) in [7, 11) is 1.63. The van der Waals surface area contributed by atoms with E-state index in [2.05, 4.69) is 26.0 Å². The molecule has 1 aromatic heterocycles. The molecule has 0 spiro atoms. The van der Waals surface area contributed by atoms with Crippen LogP contribution in [-0.4, -0.2) is 40.6 Å². The first-order chi connectivity index (χ1) is 19.4. The number of amides is 1. The van der Waals surface area contributed by atoms with Gasteiger partial charge >= 0.3 is 0 Å². The molecule has 3 aromatic carbocycles. The van der Waals surface area contributed by atoms with E-state index in [-0.39, 0.29) is 11.5 Å². The lowest BCUT2D eigenvalue weighted by Gasteiger charge is -2.32. The molecule has 1 amide bonds. The van der Waals surface area contributed by atoms with Crippen LogP contribution in [0.5, 0.6) is 0 Å². The molecule has 0 radical (unpaired) electrons. The number of carbonyl (C=O) groups is 1. The topological polar surface area (TPSA) is 64.4 Å². The van der Waals surface area contributed by atoms with Crippen LogP contribution in [0.3, 0.4) is 0 Å². The highest BCUT2D eigenvalue weighted by atomic mass is 16.5. The van der Waals surface area contributed by atoms with E-state index in [0.717, 1.165) is 29.7 Å². The van der Waals surface area contributed by atoms with Gasteiger partial charge in [0, 0.05) is 19.2 Å². The number of ether oxygens (including phenoxy) is 1. The van der Waals surface area contributed by atoms with E-state index >= 15 is 0 Å². The number of methoxy groups -OCH3 is 1. The average Bonchev–Trinajstić information content (AvgIpc) is 2.97. The van der Waals surface area contributed by atoms with Gasteiger partial charge in [-0.2, -0.15) is 0 Å². The van der Waals surface area contributed by atoms with Crippen molar-refractivity contribution in [3.8, 4) is 5.69 Å². The normalized spacial score (nSPS) is 12.0. The van der Waals surface area contributed by atoms with Crippen molar-refractivity contribution in [2.24, 2.45) is 0 Å². The van der Waals surface area contributed by atoms with Crippen molar-refractivity contribution >= 4 is 16.8 Å². The lowest BCUT2D eigenvalue weighted by atomic mass is 10.0. The molecule has 0 aliphatic carbocycles. The van der Waals surface area contributed by atoms with Gasteiger partial charge in [-0.1, -0.05) is 57.0 Å². The maximum Gasteiger partial charge on any atom is 0.266 e. The van der Waals surface area contributed by atoms with Crippen molar-refractivity contribution in [2.45, 2.75) is 65.8 Å². The van der Waals surface area contributed by atoms with Crippen molar-refractivity contribution in [2.75, 3.05) is 20.3 Å². The monoisotopic (exact) mass is 539 g/mol. The number of nitrogens with zero attached hydrogens (tertiary/aromatic N) is 3. The van der Waals surface area contributed by atoms with Crippen molar-refractivity contribution < 1.29 is 9.53 Å². The SMILES string of the molecule is CCCCCc1ccc(C(=O)N(CCOC)C(CC)c2nc3ccccc3c(=O)n2-c2ccc(C)c(C)c2)cc1. The molecular formula is C34H41N3O3. The number of para-hydroxylation sites is 1. The first-order valence-electron chi connectivity index (χ1n) is 14.4. The molecule has 1 atom stereocenters. The molecular weight excluding hydrogens is 498 g/mol. The van der Waals surface area contributed by atoms with E-state index in [9.17, 15) is 9.59 Å². The zero-order valence-electron chi connectivity index (χ0n) is 24.4. The molecule has 0 aliphatic rings. The minimum atomic E-state index is -0.439. The van der Waals surface area contributed by atoms with Gasteiger partial charge in [0.05, 0.1) is 29.2 Å². The Bertz CT molecular complexity index is 1510. The molecule has 210 valence electrons. The van der Waals surface area contributed by atoms with E-state index < -0.39 is 6.04 Å². The molecule has 0 fully saturated rings. The van der Waals surface area contributed by atoms with Crippen LogP contribution >= 0.6 is 0 Å². The quantitative estimate of drug-likeness (QED) is 0.182. The third kappa shape index (κ3) is 6.34. The van der Waals surface area contributed by atoms with Crippen LogP contribution < -0.4 is 5.56 Å². The number of rotatable bonds is 12. The Kier molecular flexibility index (Phi) is 9.88. The Morgan fingerprint density at radius 2 is 1.73 bits per heavy atom. The van der Waals surface area contributed by atoms with Gasteiger partial charge in [0.1, 0.15) is 5.82 Å². The van der Waals surface area contributed by atoms with Gasteiger partial charge in [0.15, 0.2) is 0 Å². The standard InChI is InChI=1S/C34H41N3O3/c1-6-8-9-12-26-16-18-27(19-17-26)33(38)36(21-22-40-5)31(7-2)32-35-30-14-11-10-13-29(30)34(39)37(32)28-20-15-24(3)25(4)23-28/h10-11,13-20,23,31H,6-9,12,21-22H2,1-5H3. The van der Waals surface area contributed by atoms with Crippen LogP contribution in [0.2, 0.25) is 0 Å². The molecule has 40 heavy (non-hydrogen) atoms. The Balaban J connectivity index is 1.83. The molecule has 0 N–H and O–H groups in total. The number of hydrogen-bond donors (Lipinski definition) is 0. The maximum atomic E-state index is 14.0. The second-order valence-corrected chi connectivity index (χ2v) is 10.5. The van der Waals surface area contributed by atoms with Crippen molar-refractivity contribution in [3.63, 3.8) is 0 Å². The average molecular weight is 540 g/mol. The number of hydrogen-bond acceptors (Lipinski definition) is 4. The third-order valence-corrected chi connectivity index (χ3v) is 7.68. The van der Waals surface area contributed by atoms with Crippen LogP contribution in [0.1, 0.15) is 78.4 Å². The predicted octanol–water partition coefficient (Wildman–Crippen LogP) is 6.98. The van der Waals surface area contributed by atoms with Gasteiger partial charge in [-0.3, -0.25) is 14.2 Å². The summed E-state index contributed by atoms with van der Waals surface area (Å²) in [5.74, 6) is 0.452. The smallest absolute Gasteiger partial charge is 0.266 e. The fraction of sp³-hybridized carbons (Fsp3) is 0.382. The van der Waals surface area contributed by atoms with Gasteiger partial charge in [0.2, 0.25) is 0 Å². The lowest BCUT2D eigenvalue weighted by Crippen LogP contribution is -2.40. The summed E-state index contributed by atoms with van der Waals surface area (Å²) in [6.07, 6.45) is 5.12. The first kappa shape index (κ1) is 29.2. The Morgan fingerprint density at radius 3 is 2.40 bits per heavy atom. The number of aryl methyl sites for hydroxylation is 3. The molecule has 0 bridgehead atoms. The lowest BCUT2D eigenvalue weighted by molar-refractivity contribution is 0.0579. The van der Waals surface area contributed by atoms with Gasteiger partial charge in [-0.05, 0) is 86.2 Å². The molecule has 0 saturated carbocycles. The van der Waals surface area contributed by atoms with Crippen LogP contribution in [0.25, 0.3) is 16.6 Å². The highest BCUT2D eigenvalue weighted by molar-refractivity contribution is 5.94. The Labute approximate surface area is 237 Å². The molecule has 6 nitrogen and oxygen atoms in total. The summed E-state index contributed by atoms with van der Waals surface area (Å²) in [6, 6.07) is 20.9. The summed E-state index contributed by atoms with van der Waals surface area (Å²) < 4.78 is 7.11. The van der Waals surface area contributed by atoms with E-state index in [1.807, 2.05) is 73.3 Å². The molecule has 0 aliphatic heterocycles. The van der Waals surface area contributed by atoms with Gasteiger partial charge in [0.25, 0.3) is 11.5 Å². The van der Waals surface area contributed by atoms with E-state index in [1.54, 1.807) is 11.7 Å². The number of aromatic nitrogens is 2. The number of benzene rings is 3. The van der Waals surface area contributed by atoms with Crippen LogP contribution in [0.15, 0.2) is 71.5 Å². The van der Waals surface area contributed by atoms with Crippen molar-refractivity contribution in [1.82, 2.24) is 14.5 Å². The zero-order valence-corrected chi connectivity index (χ0v) is 24.4. The summed E-state index contributed by atoms with van der Waals surface area (Å²) in [6.45, 7) is 9.07. The minimum absolute atomic E-state index is 0.0990. The fourth-order valence-electron chi connectivity index (χ4n) is 5.18. The molecule has 6 heteroatoms. The maximum absolute atomic E-state index is 14.0. The fourth-order valence-corrected chi connectivity index (χ4v) is 5.18. The highest BCUT2D eigenvalue weighted by Gasteiger charge is 2.29. The Morgan fingerprint density at radius 1 is 0.975 bits per heavy atom. The van der Waals surface area contributed by atoms with Crippen LogP contribution in [0.4, 0.5) is 0 Å². The Hall–Kier alpha value is -3.77. The molecule has 1 heterocycles. The molecule has 0 saturated heterocycles. The molecule has 4 rings (SSSR count). The molecule has 1 unspecified atom stereocenters. The van der Waals surface area contributed by atoms with Crippen molar-refractivity contribution in [3.05, 3.63) is 105 Å². The zero-order chi connectivity index (χ0) is 28.6. The second-order valence-electron chi connectivity index (χ2n) is 10.5. The number of fused-ring (bicyclic) bond motifs is 1. The van der Waals surface area contributed by atoms with Crippen molar-refractivity contribution in [1.29, 1.82) is 0 Å². The summed E-state index contributed by atoms with van der Waals surface area (Å²) in [5, 5.41) is 0.549. The van der Waals surface area contributed by atoms with E-state index in [0.29, 0.717) is 41.9 Å². The van der Waals surface area contributed by atoms with Gasteiger partial charge in [-0.25, -0.2) is 4.98 Å². The number of unbranched alkanes of at least 4 members (excludes halogenated alkanes) is 2. The third-order valence-electron chi connectivity index (χ3n) is 7.68. The largest absolute Gasteiger partial charge is 0.383 e. The van der Waals surface area contributed by atoms with E-state index in [4.69, 9.17) is 9.72 Å². The number of carbonyl (C=O) groups excluding carboxylic acids is 1. The highest BCUT2D eigenvalue weighted by Crippen LogP contribution is 2.28.